The van der Waals surface area contributed by atoms with Crippen LogP contribution in [0.1, 0.15) is 18.9 Å². The molecule has 0 aromatic heterocycles. The van der Waals surface area contributed by atoms with Crippen LogP contribution in [0.4, 0.5) is 0 Å². The molecule has 0 saturated carbocycles. The molecule has 0 atom stereocenters. The van der Waals surface area contributed by atoms with E-state index in [4.69, 9.17) is 16.6 Å². The summed E-state index contributed by atoms with van der Waals surface area (Å²) in [5, 5.41) is 16.7. The Morgan fingerprint density at radius 1 is 1.19 bits per heavy atom. The number of nitrogens with two attached hydrogens (primary N) is 2. The zero-order valence-corrected chi connectivity index (χ0v) is 9.22. The minimum Gasteiger partial charge on any atom is -0.508 e. The molecule has 0 amide bonds. The van der Waals surface area contributed by atoms with Gasteiger partial charge in [-0.25, -0.2) is 0 Å². The molecule has 0 unspecified atom stereocenters. The molecule has 5 N–H and O–H groups in total. The lowest BCUT2D eigenvalue weighted by Crippen LogP contribution is -2.22. The van der Waals surface area contributed by atoms with Crippen molar-refractivity contribution in [1.82, 2.24) is 0 Å². The Kier molecular flexibility index (Phi) is 4.32. The van der Waals surface area contributed by atoms with Crippen molar-refractivity contribution in [2.45, 2.75) is 19.8 Å². The maximum Gasteiger partial charge on any atom is 0.211 e. The van der Waals surface area contributed by atoms with E-state index in [0.717, 1.165) is 17.7 Å². The van der Waals surface area contributed by atoms with Gasteiger partial charge in [-0.15, -0.1) is 5.10 Å². The van der Waals surface area contributed by atoms with Gasteiger partial charge in [0.05, 0.1) is 0 Å². The van der Waals surface area contributed by atoms with E-state index in [0.29, 0.717) is 6.42 Å². The average molecular weight is 220 g/mol. The van der Waals surface area contributed by atoms with Gasteiger partial charge < -0.3 is 16.6 Å². The molecule has 0 spiro atoms. The molecule has 5 heteroatoms. The van der Waals surface area contributed by atoms with Crippen LogP contribution in [0.2, 0.25) is 0 Å². The lowest BCUT2D eigenvalue weighted by Gasteiger charge is -2.02. The van der Waals surface area contributed by atoms with Crippen LogP contribution < -0.4 is 11.5 Å². The Bertz CT molecular complexity index is 391. The quantitative estimate of drug-likeness (QED) is 0.400. The Labute approximate surface area is 94.5 Å². The van der Waals surface area contributed by atoms with Crippen molar-refractivity contribution in [3.63, 3.8) is 0 Å². The molecule has 0 aliphatic rings. The Hall–Kier alpha value is -2.04. The fourth-order valence-corrected chi connectivity index (χ4v) is 1.21. The van der Waals surface area contributed by atoms with Crippen molar-refractivity contribution >= 4 is 11.7 Å². The summed E-state index contributed by atoms with van der Waals surface area (Å²) in [5.41, 5.74) is 12.3. The van der Waals surface area contributed by atoms with Gasteiger partial charge in [0.2, 0.25) is 5.96 Å². The maximum atomic E-state index is 9.14. The van der Waals surface area contributed by atoms with E-state index >= 15 is 0 Å². The highest BCUT2D eigenvalue weighted by atomic mass is 16.3. The van der Waals surface area contributed by atoms with Crippen molar-refractivity contribution in [2.75, 3.05) is 0 Å². The number of hydrogen-bond acceptors (Lipinski definition) is 3. The normalized spacial score (nSPS) is 11.2. The molecule has 1 rings (SSSR count). The number of hydrogen-bond donors (Lipinski definition) is 3. The number of phenols is 1. The second kappa shape index (κ2) is 5.75. The van der Waals surface area contributed by atoms with Gasteiger partial charge in [0.1, 0.15) is 5.75 Å². The van der Waals surface area contributed by atoms with Crippen LogP contribution in [0.3, 0.4) is 0 Å². The van der Waals surface area contributed by atoms with Gasteiger partial charge in [-0.1, -0.05) is 19.1 Å². The van der Waals surface area contributed by atoms with Crippen molar-refractivity contribution in [3.8, 4) is 5.75 Å². The Balaban J connectivity index is 2.74. The summed E-state index contributed by atoms with van der Waals surface area (Å²) in [4.78, 5) is 0. The first-order valence-corrected chi connectivity index (χ1v) is 5.04. The van der Waals surface area contributed by atoms with E-state index in [9.17, 15) is 0 Å². The van der Waals surface area contributed by atoms with Gasteiger partial charge >= 0.3 is 0 Å². The fraction of sp³-hybridized carbons (Fsp3) is 0.273. The summed E-state index contributed by atoms with van der Waals surface area (Å²) in [6, 6.07) is 6.97. The number of nitrogens with zero attached hydrogens (tertiary/aromatic N) is 2. The monoisotopic (exact) mass is 220 g/mol. The standard InChI is InChI=1S/C11H16N4O/c1-2-9(14-15-11(12)13)7-8-3-5-10(16)6-4-8/h3-6,16H,2,7H2,1H3,(H4,12,13,15)/b14-9+. The third-order valence-electron chi connectivity index (χ3n) is 2.06. The molecule has 5 nitrogen and oxygen atoms in total. The smallest absolute Gasteiger partial charge is 0.211 e. The highest BCUT2D eigenvalue weighted by Gasteiger charge is 1.99. The lowest BCUT2D eigenvalue weighted by atomic mass is 10.1. The second-order valence-electron chi connectivity index (χ2n) is 3.39. The average Bonchev–Trinajstić information content (AvgIpc) is 2.26. The molecule has 16 heavy (non-hydrogen) atoms. The molecule has 0 saturated heterocycles. The van der Waals surface area contributed by atoms with E-state index in [-0.39, 0.29) is 11.7 Å². The lowest BCUT2D eigenvalue weighted by molar-refractivity contribution is 0.475. The molecular weight excluding hydrogens is 204 g/mol. The molecule has 0 bridgehead atoms. The van der Waals surface area contributed by atoms with Crippen molar-refractivity contribution in [2.24, 2.45) is 21.7 Å². The molecule has 0 radical (unpaired) electrons. The van der Waals surface area contributed by atoms with Gasteiger partial charge in [-0.3, -0.25) is 0 Å². The van der Waals surface area contributed by atoms with Gasteiger partial charge in [-0.05, 0) is 24.1 Å². The number of aromatic hydroxyl groups is 1. The Morgan fingerprint density at radius 2 is 1.81 bits per heavy atom. The number of guanidine groups is 1. The molecule has 0 heterocycles. The minimum atomic E-state index is -0.0448. The van der Waals surface area contributed by atoms with E-state index in [2.05, 4.69) is 10.2 Å². The van der Waals surface area contributed by atoms with E-state index in [1.807, 2.05) is 19.1 Å². The van der Waals surface area contributed by atoms with Crippen LogP contribution >= 0.6 is 0 Å². The SMILES string of the molecule is CC/C(Cc1ccc(O)cc1)=N\N=C(N)N. The number of benzene rings is 1. The molecule has 0 aliphatic heterocycles. The van der Waals surface area contributed by atoms with Gasteiger partial charge in [0.15, 0.2) is 0 Å². The predicted octanol–water partition coefficient (Wildman–Crippen LogP) is 0.974. The van der Waals surface area contributed by atoms with Crippen LogP contribution in [-0.2, 0) is 6.42 Å². The zero-order valence-electron chi connectivity index (χ0n) is 9.22. The predicted molar refractivity (Wildman–Crippen MR) is 65.3 cm³/mol. The van der Waals surface area contributed by atoms with Crippen LogP contribution in [0.25, 0.3) is 0 Å². The first kappa shape index (κ1) is 12.0. The van der Waals surface area contributed by atoms with Crippen LogP contribution in [0.5, 0.6) is 5.75 Å². The van der Waals surface area contributed by atoms with E-state index in [1.54, 1.807) is 12.1 Å². The van der Waals surface area contributed by atoms with Crippen molar-refractivity contribution in [3.05, 3.63) is 29.8 Å². The van der Waals surface area contributed by atoms with Crippen molar-refractivity contribution < 1.29 is 5.11 Å². The topological polar surface area (TPSA) is 97.0 Å². The molecular formula is C11H16N4O. The largest absolute Gasteiger partial charge is 0.508 e. The zero-order chi connectivity index (χ0) is 12.0. The third kappa shape index (κ3) is 4.00. The van der Waals surface area contributed by atoms with Gasteiger partial charge in [-0.2, -0.15) is 5.10 Å². The molecule has 0 fully saturated rings. The summed E-state index contributed by atoms with van der Waals surface area (Å²) in [6.07, 6.45) is 1.45. The first-order valence-electron chi connectivity index (χ1n) is 5.04. The molecule has 0 aliphatic carbocycles. The second-order valence-corrected chi connectivity index (χ2v) is 3.39. The molecule has 86 valence electrons. The molecule has 1 aromatic rings. The van der Waals surface area contributed by atoms with Crippen LogP contribution in [0.15, 0.2) is 34.5 Å². The Morgan fingerprint density at radius 3 is 2.31 bits per heavy atom. The fourth-order valence-electron chi connectivity index (χ4n) is 1.21. The maximum absolute atomic E-state index is 9.14. The highest BCUT2D eigenvalue weighted by Crippen LogP contribution is 2.11. The third-order valence-corrected chi connectivity index (χ3v) is 2.06. The van der Waals surface area contributed by atoms with Crippen molar-refractivity contribution in [1.29, 1.82) is 0 Å². The van der Waals surface area contributed by atoms with E-state index < -0.39 is 0 Å². The van der Waals surface area contributed by atoms with E-state index in [1.165, 1.54) is 0 Å². The van der Waals surface area contributed by atoms with Crippen LogP contribution in [-0.4, -0.2) is 16.8 Å². The highest BCUT2D eigenvalue weighted by molar-refractivity contribution is 5.87. The number of phenolic OH excluding ortho intramolecular Hbond substituents is 1. The summed E-state index contributed by atoms with van der Waals surface area (Å²) >= 11 is 0. The van der Waals surface area contributed by atoms with Gasteiger partial charge in [0.25, 0.3) is 0 Å². The van der Waals surface area contributed by atoms with Gasteiger partial charge in [0, 0.05) is 12.1 Å². The minimum absolute atomic E-state index is 0.0448. The summed E-state index contributed by atoms with van der Waals surface area (Å²) in [7, 11) is 0. The summed E-state index contributed by atoms with van der Waals surface area (Å²) in [6.45, 7) is 1.99. The van der Waals surface area contributed by atoms with Crippen LogP contribution in [0, 0.1) is 0 Å². The summed E-state index contributed by atoms with van der Waals surface area (Å²) < 4.78 is 0. The molecule has 1 aromatic carbocycles. The summed E-state index contributed by atoms with van der Waals surface area (Å²) in [5.74, 6) is 0.208. The number of rotatable bonds is 4. The first-order chi connectivity index (χ1) is 7.61.